The first-order valence-corrected chi connectivity index (χ1v) is 16.0. The summed E-state index contributed by atoms with van der Waals surface area (Å²) in [5.74, 6) is -0.486. The lowest BCUT2D eigenvalue weighted by Crippen LogP contribution is -2.40. The number of amides is 2. The fraction of sp³-hybridized carbons (Fsp3) is 0.316. The van der Waals surface area contributed by atoms with Gasteiger partial charge in [-0.25, -0.2) is 14.4 Å². The molecular weight excluding hydrogens is 592 g/mol. The van der Waals surface area contributed by atoms with Crippen LogP contribution in [0.2, 0.25) is 0 Å². The fourth-order valence-electron chi connectivity index (χ4n) is 6.48. The second kappa shape index (κ2) is 13.8. The Morgan fingerprint density at radius 2 is 1.77 bits per heavy atom. The first-order valence-electron chi connectivity index (χ1n) is 16.0. The molecule has 0 radical (unpaired) electrons. The van der Waals surface area contributed by atoms with Gasteiger partial charge >= 0.3 is 6.09 Å². The van der Waals surface area contributed by atoms with Gasteiger partial charge in [0.1, 0.15) is 23.9 Å². The highest BCUT2D eigenvalue weighted by molar-refractivity contribution is 5.95. The zero-order valence-electron chi connectivity index (χ0n) is 27.5. The molecule has 47 heavy (non-hydrogen) atoms. The number of carbonyl (C=O) groups is 2. The normalized spacial score (nSPS) is 15.9. The first kappa shape index (κ1) is 31.9. The van der Waals surface area contributed by atoms with Gasteiger partial charge in [-0.2, -0.15) is 0 Å². The minimum absolute atomic E-state index is 0.122. The van der Waals surface area contributed by atoms with Crippen molar-refractivity contribution in [2.24, 2.45) is 5.92 Å². The molecule has 1 saturated heterocycles. The van der Waals surface area contributed by atoms with Crippen LogP contribution >= 0.6 is 0 Å². The summed E-state index contributed by atoms with van der Waals surface area (Å²) in [6.45, 7) is 9.69. The van der Waals surface area contributed by atoms with Crippen LogP contribution in [0.25, 0.3) is 11.0 Å². The predicted molar refractivity (Wildman–Crippen MR) is 179 cm³/mol. The summed E-state index contributed by atoms with van der Waals surface area (Å²) < 4.78 is 18.7. The van der Waals surface area contributed by atoms with Gasteiger partial charge < -0.3 is 14.2 Å². The molecule has 1 aliphatic heterocycles. The van der Waals surface area contributed by atoms with Gasteiger partial charge in [-0.15, -0.1) is 5.10 Å². The molecule has 4 aromatic carbocycles. The van der Waals surface area contributed by atoms with Gasteiger partial charge in [0.25, 0.3) is 0 Å². The summed E-state index contributed by atoms with van der Waals surface area (Å²) in [5, 5.41) is 8.84. The van der Waals surface area contributed by atoms with E-state index in [1.807, 2.05) is 86.1 Å². The summed E-state index contributed by atoms with van der Waals surface area (Å²) in [4.78, 5) is 28.8. The number of imide groups is 1. The molecule has 0 N–H and O–H groups in total. The molecule has 1 aliphatic rings. The summed E-state index contributed by atoms with van der Waals surface area (Å²) >= 11 is 0. The average Bonchev–Trinajstić information content (AvgIpc) is 3.71. The van der Waals surface area contributed by atoms with Crippen molar-refractivity contribution in [3.8, 4) is 5.75 Å². The van der Waals surface area contributed by atoms with E-state index in [2.05, 4.69) is 41.5 Å². The van der Waals surface area contributed by atoms with Crippen molar-refractivity contribution < 1.29 is 23.8 Å². The summed E-state index contributed by atoms with van der Waals surface area (Å²) in [6, 6.07) is 27.2. The molecule has 9 nitrogen and oxygen atoms in total. The number of methoxy groups -OCH3 is 1. The van der Waals surface area contributed by atoms with Gasteiger partial charge in [0.2, 0.25) is 5.91 Å². The van der Waals surface area contributed by atoms with Crippen molar-refractivity contribution >= 4 is 23.0 Å². The maximum absolute atomic E-state index is 14.4. The lowest BCUT2D eigenvalue weighted by Gasteiger charge is -2.30. The molecule has 1 fully saturated rings. The van der Waals surface area contributed by atoms with E-state index in [0.29, 0.717) is 19.8 Å². The third kappa shape index (κ3) is 6.36. The molecule has 5 aromatic rings. The maximum Gasteiger partial charge on any atom is 0.417 e. The highest BCUT2D eigenvalue weighted by atomic mass is 16.6. The third-order valence-electron chi connectivity index (χ3n) is 9.22. The Bertz CT molecular complexity index is 1890. The number of benzene rings is 4. The number of cyclic esters (lactones) is 1. The van der Waals surface area contributed by atoms with Crippen LogP contribution in [0.1, 0.15) is 64.8 Å². The molecule has 242 valence electrons. The van der Waals surface area contributed by atoms with Crippen molar-refractivity contribution in [2.75, 3.05) is 13.7 Å². The van der Waals surface area contributed by atoms with Crippen molar-refractivity contribution in [3.63, 3.8) is 0 Å². The number of carbonyl (C=O) groups excluding carboxylic acids is 2. The molecule has 0 aliphatic carbocycles. The van der Waals surface area contributed by atoms with Crippen LogP contribution in [0.3, 0.4) is 0 Å². The Morgan fingerprint density at radius 1 is 1.00 bits per heavy atom. The number of rotatable bonds is 11. The Hall–Kier alpha value is -5.02. The van der Waals surface area contributed by atoms with Gasteiger partial charge in [-0.05, 0) is 77.9 Å². The zero-order chi connectivity index (χ0) is 33.1. The van der Waals surface area contributed by atoms with Crippen LogP contribution in [-0.4, -0.2) is 45.6 Å². The van der Waals surface area contributed by atoms with Gasteiger partial charge in [0.15, 0.2) is 0 Å². The van der Waals surface area contributed by atoms with Crippen molar-refractivity contribution in [1.29, 1.82) is 0 Å². The van der Waals surface area contributed by atoms with Gasteiger partial charge in [-0.3, -0.25) is 4.79 Å². The molecule has 2 heterocycles. The van der Waals surface area contributed by atoms with Gasteiger partial charge in [0, 0.05) is 18.4 Å². The highest BCUT2D eigenvalue weighted by Gasteiger charge is 2.43. The van der Waals surface area contributed by atoms with Crippen molar-refractivity contribution in [3.05, 3.63) is 124 Å². The van der Waals surface area contributed by atoms with E-state index in [9.17, 15) is 9.59 Å². The van der Waals surface area contributed by atoms with Crippen molar-refractivity contribution in [1.82, 2.24) is 19.9 Å². The molecule has 0 spiro atoms. The second-order valence-electron chi connectivity index (χ2n) is 12.1. The molecule has 3 atom stereocenters. The Balaban J connectivity index is 1.36. The van der Waals surface area contributed by atoms with Crippen LogP contribution in [0.15, 0.2) is 84.9 Å². The standard InChI is InChI=1S/C38H40N4O5/c1-6-41-33-19-18-32(25(3)36(33)39-40-41)35(26(4)37(43)42-34(23-47-38(42)44)28-10-8-7-9-11-28)29-15-12-24(2)30(20-29)22-46-21-27-13-16-31(45-5)17-14-27/h7-20,26,34-35H,6,21-23H2,1-5H3/t26-,34?,35+/m1/s1. The summed E-state index contributed by atoms with van der Waals surface area (Å²) in [5.41, 5.74) is 8.62. The van der Waals surface area contributed by atoms with E-state index in [1.54, 1.807) is 7.11 Å². The number of nitrogens with zero attached hydrogens (tertiary/aromatic N) is 4. The SMILES string of the molecule is CCn1nnc2c(C)c([C@H](c3ccc(C)c(COCc4ccc(OC)cc4)c3)[C@@H](C)C(=O)N3C(=O)OCC3c3ccccc3)ccc21. The maximum atomic E-state index is 14.4. The lowest BCUT2D eigenvalue weighted by atomic mass is 9.78. The van der Waals surface area contributed by atoms with E-state index >= 15 is 0 Å². The number of hydrogen-bond donors (Lipinski definition) is 0. The highest BCUT2D eigenvalue weighted by Crippen LogP contribution is 2.40. The molecule has 1 unspecified atom stereocenters. The van der Waals surface area contributed by atoms with Gasteiger partial charge in [-0.1, -0.05) is 78.9 Å². The Kier molecular flexibility index (Phi) is 9.36. The number of aryl methyl sites for hydroxylation is 3. The van der Waals surface area contributed by atoms with Gasteiger partial charge in [0.05, 0.1) is 25.8 Å². The zero-order valence-corrected chi connectivity index (χ0v) is 27.5. The van der Waals surface area contributed by atoms with Crippen molar-refractivity contribution in [2.45, 2.75) is 59.4 Å². The van der Waals surface area contributed by atoms with Crippen LogP contribution in [0.4, 0.5) is 4.79 Å². The van der Waals surface area contributed by atoms with E-state index in [4.69, 9.17) is 14.2 Å². The van der Waals surface area contributed by atoms with E-state index in [1.165, 1.54) is 4.90 Å². The van der Waals surface area contributed by atoms with Crippen LogP contribution < -0.4 is 4.74 Å². The Labute approximate surface area is 275 Å². The largest absolute Gasteiger partial charge is 0.497 e. The van der Waals surface area contributed by atoms with Crippen LogP contribution in [0, 0.1) is 19.8 Å². The number of hydrogen-bond acceptors (Lipinski definition) is 7. The average molecular weight is 633 g/mol. The molecule has 0 saturated carbocycles. The molecular formula is C38H40N4O5. The number of aromatic nitrogens is 3. The molecule has 2 amide bonds. The molecule has 6 rings (SSSR count). The number of ether oxygens (including phenoxy) is 3. The predicted octanol–water partition coefficient (Wildman–Crippen LogP) is 7.28. The fourth-order valence-corrected chi connectivity index (χ4v) is 6.48. The van der Waals surface area contributed by atoms with E-state index < -0.39 is 18.1 Å². The second-order valence-corrected chi connectivity index (χ2v) is 12.1. The lowest BCUT2D eigenvalue weighted by molar-refractivity contribution is -0.133. The minimum Gasteiger partial charge on any atom is -0.497 e. The number of fused-ring (bicyclic) bond motifs is 1. The monoisotopic (exact) mass is 632 g/mol. The summed E-state index contributed by atoms with van der Waals surface area (Å²) in [6.07, 6.45) is -0.621. The Morgan fingerprint density at radius 3 is 2.49 bits per heavy atom. The third-order valence-corrected chi connectivity index (χ3v) is 9.22. The quantitative estimate of drug-likeness (QED) is 0.151. The molecule has 0 bridgehead atoms. The smallest absolute Gasteiger partial charge is 0.417 e. The van der Waals surface area contributed by atoms with E-state index in [0.717, 1.165) is 55.7 Å². The topological polar surface area (TPSA) is 95.8 Å². The van der Waals surface area contributed by atoms with E-state index in [-0.39, 0.29) is 18.4 Å². The van der Waals surface area contributed by atoms with Crippen LogP contribution in [-0.2, 0) is 34.0 Å². The first-order chi connectivity index (χ1) is 22.8. The molecule has 9 heteroatoms. The molecule has 1 aromatic heterocycles. The summed E-state index contributed by atoms with van der Waals surface area (Å²) in [7, 11) is 1.65. The van der Waals surface area contributed by atoms with Crippen LogP contribution in [0.5, 0.6) is 5.75 Å². The minimum atomic E-state index is -0.621.